The number of sulfonamides is 1. The average molecular weight is 473 g/mol. The lowest BCUT2D eigenvalue weighted by Gasteiger charge is -2.14. The zero-order chi connectivity index (χ0) is 23.3. The van der Waals surface area contributed by atoms with Gasteiger partial charge in [0.05, 0.1) is 33.5 Å². The largest absolute Gasteiger partial charge is 0.462 e. The molecule has 0 aromatic heterocycles. The molecule has 0 fully saturated rings. The van der Waals surface area contributed by atoms with Gasteiger partial charge in [-0.1, -0.05) is 35.9 Å². The Hall–Kier alpha value is -3.36. The van der Waals surface area contributed by atoms with Gasteiger partial charge in [-0.05, 0) is 61.9 Å². The molecule has 0 aliphatic carbocycles. The number of hydrogen-bond donors (Lipinski definition) is 2. The van der Waals surface area contributed by atoms with Crippen LogP contribution in [0.5, 0.6) is 0 Å². The monoisotopic (exact) mass is 472 g/mol. The molecule has 2 N–H and O–H groups in total. The number of nitrogens with one attached hydrogen (secondary N) is 2. The number of carbonyl (C=O) groups is 2. The standard InChI is InChI=1S/C23H21ClN2O5S/c1-3-31-23(28)16-12-13-21(19(24)14-16)25-22(27)18-10-7-11-20(15(18)2)26-32(29,30)17-8-5-4-6-9-17/h4-14,26H,3H2,1-2H3,(H,25,27). The second-order valence-electron chi connectivity index (χ2n) is 6.77. The molecule has 0 saturated carbocycles. The smallest absolute Gasteiger partial charge is 0.338 e. The Balaban J connectivity index is 1.82. The zero-order valence-corrected chi connectivity index (χ0v) is 19.0. The van der Waals surface area contributed by atoms with Crippen LogP contribution in [0.4, 0.5) is 11.4 Å². The number of halogens is 1. The molecule has 3 aromatic rings. The van der Waals surface area contributed by atoms with Crippen LogP contribution in [0.3, 0.4) is 0 Å². The van der Waals surface area contributed by atoms with Crippen molar-refractivity contribution >= 4 is 44.9 Å². The van der Waals surface area contributed by atoms with Gasteiger partial charge in [0.1, 0.15) is 0 Å². The maximum absolute atomic E-state index is 12.9. The quantitative estimate of drug-likeness (QED) is 0.477. The van der Waals surface area contributed by atoms with Crippen LogP contribution in [-0.4, -0.2) is 26.9 Å². The molecule has 3 rings (SSSR count). The van der Waals surface area contributed by atoms with Crippen molar-refractivity contribution in [2.24, 2.45) is 0 Å². The van der Waals surface area contributed by atoms with Gasteiger partial charge in [-0.25, -0.2) is 13.2 Å². The molecule has 3 aromatic carbocycles. The van der Waals surface area contributed by atoms with Gasteiger partial charge in [-0.3, -0.25) is 9.52 Å². The first kappa shape index (κ1) is 23.3. The van der Waals surface area contributed by atoms with Crippen molar-refractivity contribution in [2.45, 2.75) is 18.7 Å². The van der Waals surface area contributed by atoms with Crippen LogP contribution in [0.25, 0.3) is 0 Å². The Labute approximate surface area is 191 Å². The molecular formula is C23H21ClN2O5S. The summed E-state index contributed by atoms with van der Waals surface area (Å²) in [7, 11) is -3.81. The highest BCUT2D eigenvalue weighted by Gasteiger charge is 2.19. The van der Waals surface area contributed by atoms with Crippen molar-refractivity contribution in [3.63, 3.8) is 0 Å². The lowest BCUT2D eigenvalue weighted by molar-refractivity contribution is 0.0526. The number of hydrogen-bond acceptors (Lipinski definition) is 5. The van der Waals surface area contributed by atoms with Crippen molar-refractivity contribution in [1.82, 2.24) is 0 Å². The second-order valence-corrected chi connectivity index (χ2v) is 8.86. The van der Waals surface area contributed by atoms with Crippen molar-refractivity contribution in [1.29, 1.82) is 0 Å². The normalized spacial score (nSPS) is 11.0. The van der Waals surface area contributed by atoms with Crippen LogP contribution in [-0.2, 0) is 14.8 Å². The highest BCUT2D eigenvalue weighted by Crippen LogP contribution is 2.27. The van der Waals surface area contributed by atoms with E-state index in [0.717, 1.165) is 0 Å². The second kappa shape index (κ2) is 9.84. The van der Waals surface area contributed by atoms with E-state index in [0.29, 0.717) is 11.3 Å². The van der Waals surface area contributed by atoms with E-state index in [1.165, 1.54) is 30.3 Å². The number of anilines is 2. The van der Waals surface area contributed by atoms with Gasteiger partial charge < -0.3 is 10.1 Å². The van der Waals surface area contributed by atoms with Gasteiger partial charge in [-0.2, -0.15) is 0 Å². The minimum atomic E-state index is -3.81. The third kappa shape index (κ3) is 5.27. The molecule has 0 spiro atoms. The maximum atomic E-state index is 12.9. The Morgan fingerprint density at radius 2 is 1.69 bits per heavy atom. The fourth-order valence-corrected chi connectivity index (χ4v) is 4.31. The molecule has 0 heterocycles. The molecule has 0 aliphatic heterocycles. The Kier molecular flexibility index (Phi) is 7.17. The Bertz CT molecular complexity index is 1260. The summed E-state index contributed by atoms with van der Waals surface area (Å²) >= 11 is 6.22. The summed E-state index contributed by atoms with van der Waals surface area (Å²) in [6, 6.07) is 17.1. The van der Waals surface area contributed by atoms with Crippen LogP contribution < -0.4 is 10.0 Å². The molecule has 0 unspecified atom stereocenters. The van der Waals surface area contributed by atoms with Crippen molar-refractivity contribution in [3.05, 3.63) is 88.4 Å². The average Bonchev–Trinajstić information content (AvgIpc) is 2.77. The molecule has 0 atom stereocenters. The van der Waals surface area contributed by atoms with E-state index in [1.807, 2.05) is 0 Å². The van der Waals surface area contributed by atoms with E-state index in [1.54, 1.807) is 50.2 Å². The molecule has 0 bridgehead atoms. The molecule has 1 amide bonds. The summed E-state index contributed by atoms with van der Waals surface area (Å²) in [6.45, 7) is 3.58. The number of rotatable bonds is 7. The molecule has 166 valence electrons. The van der Waals surface area contributed by atoms with E-state index < -0.39 is 21.9 Å². The van der Waals surface area contributed by atoms with Gasteiger partial charge in [0, 0.05) is 5.56 Å². The first-order valence-electron chi connectivity index (χ1n) is 9.68. The van der Waals surface area contributed by atoms with Crippen molar-refractivity contribution < 1.29 is 22.7 Å². The summed E-state index contributed by atoms with van der Waals surface area (Å²) < 4.78 is 32.7. The number of benzene rings is 3. The van der Waals surface area contributed by atoms with E-state index in [9.17, 15) is 18.0 Å². The van der Waals surface area contributed by atoms with Crippen LogP contribution in [0, 0.1) is 6.92 Å². The molecule has 0 saturated heterocycles. The van der Waals surface area contributed by atoms with Gasteiger partial charge in [0.15, 0.2) is 0 Å². The van der Waals surface area contributed by atoms with Gasteiger partial charge >= 0.3 is 5.97 Å². The summed E-state index contributed by atoms with van der Waals surface area (Å²) in [5.41, 5.74) is 1.57. The predicted molar refractivity (Wildman–Crippen MR) is 124 cm³/mol. The van der Waals surface area contributed by atoms with Gasteiger partial charge in [-0.15, -0.1) is 0 Å². The highest BCUT2D eigenvalue weighted by atomic mass is 35.5. The highest BCUT2D eigenvalue weighted by molar-refractivity contribution is 7.92. The van der Waals surface area contributed by atoms with E-state index in [2.05, 4.69) is 10.0 Å². The Morgan fingerprint density at radius 3 is 2.34 bits per heavy atom. The molecule has 0 aliphatic rings. The van der Waals surface area contributed by atoms with Crippen molar-refractivity contribution in [2.75, 3.05) is 16.6 Å². The van der Waals surface area contributed by atoms with E-state index in [4.69, 9.17) is 16.3 Å². The van der Waals surface area contributed by atoms with Crippen molar-refractivity contribution in [3.8, 4) is 0 Å². The summed E-state index contributed by atoms with van der Waals surface area (Å²) in [5.74, 6) is -0.990. The van der Waals surface area contributed by atoms with E-state index >= 15 is 0 Å². The van der Waals surface area contributed by atoms with Gasteiger partial charge in [0.2, 0.25) is 0 Å². The fraction of sp³-hybridized carbons (Fsp3) is 0.130. The van der Waals surface area contributed by atoms with Gasteiger partial charge in [0.25, 0.3) is 15.9 Å². The molecular weight excluding hydrogens is 452 g/mol. The Morgan fingerprint density at radius 1 is 0.969 bits per heavy atom. The van der Waals surface area contributed by atoms with Crippen LogP contribution in [0.2, 0.25) is 5.02 Å². The minimum absolute atomic E-state index is 0.114. The minimum Gasteiger partial charge on any atom is -0.462 e. The fourth-order valence-electron chi connectivity index (χ4n) is 2.94. The van der Waals surface area contributed by atoms with Crippen LogP contribution in [0.1, 0.15) is 33.2 Å². The van der Waals surface area contributed by atoms with E-state index in [-0.39, 0.29) is 33.3 Å². The summed E-state index contributed by atoms with van der Waals surface area (Å²) in [4.78, 5) is 24.8. The number of carbonyl (C=O) groups excluding carboxylic acids is 2. The third-order valence-corrected chi connectivity index (χ3v) is 6.30. The summed E-state index contributed by atoms with van der Waals surface area (Å²) in [6.07, 6.45) is 0. The lowest BCUT2D eigenvalue weighted by atomic mass is 10.1. The molecule has 7 nitrogen and oxygen atoms in total. The number of ether oxygens (including phenoxy) is 1. The number of amides is 1. The molecule has 9 heteroatoms. The first-order chi connectivity index (χ1) is 15.2. The lowest BCUT2D eigenvalue weighted by Crippen LogP contribution is -2.17. The summed E-state index contributed by atoms with van der Waals surface area (Å²) in [5, 5.41) is 2.86. The first-order valence-corrected chi connectivity index (χ1v) is 11.5. The van der Waals surface area contributed by atoms with Crippen LogP contribution in [0.15, 0.2) is 71.6 Å². The zero-order valence-electron chi connectivity index (χ0n) is 17.4. The van der Waals surface area contributed by atoms with Crippen LogP contribution >= 0.6 is 11.6 Å². The predicted octanol–water partition coefficient (Wildman–Crippen LogP) is 4.88. The number of esters is 1. The maximum Gasteiger partial charge on any atom is 0.338 e. The molecule has 0 radical (unpaired) electrons. The topological polar surface area (TPSA) is 102 Å². The third-order valence-electron chi connectivity index (χ3n) is 4.60. The SMILES string of the molecule is CCOC(=O)c1ccc(NC(=O)c2cccc(NS(=O)(=O)c3ccccc3)c2C)c(Cl)c1. The molecule has 32 heavy (non-hydrogen) atoms.